The standard InChI is InChI=1S/C11H13N3O4/c1-7(15)8-3-4-9(10(5-8)14(17)18)13-6-11(16)12-2/h3-5,13H,6H2,1-2H3,(H,12,16). The van der Waals surface area contributed by atoms with Crippen LogP contribution in [0.15, 0.2) is 18.2 Å². The number of nitro groups is 1. The predicted molar refractivity (Wildman–Crippen MR) is 65.7 cm³/mol. The van der Waals surface area contributed by atoms with Gasteiger partial charge in [0.05, 0.1) is 11.5 Å². The van der Waals surface area contributed by atoms with Crippen molar-refractivity contribution in [2.24, 2.45) is 0 Å². The molecule has 1 amide bonds. The minimum atomic E-state index is -0.599. The van der Waals surface area contributed by atoms with Crippen LogP contribution in [0, 0.1) is 10.1 Å². The van der Waals surface area contributed by atoms with Crippen molar-refractivity contribution in [3.05, 3.63) is 33.9 Å². The number of likely N-dealkylation sites (N-methyl/N-ethyl adjacent to an activating group) is 1. The van der Waals surface area contributed by atoms with E-state index < -0.39 is 4.92 Å². The quantitative estimate of drug-likeness (QED) is 0.461. The molecule has 1 aromatic rings. The Morgan fingerprint density at radius 1 is 1.39 bits per heavy atom. The molecule has 0 aliphatic rings. The molecule has 0 bridgehead atoms. The molecule has 0 radical (unpaired) electrons. The molecule has 1 rings (SSSR count). The zero-order valence-electron chi connectivity index (χ0n) is 10.0. The number of anilines is 1. The fraction of sp³-hybridized carbons (Fsp3) is 0.273. The van der Waals surface area contributed by atoms with E-state index in [4.69, 9.17) is 0 Å². The van der Waals surface area contributed by atoms with Crippen molar-refractivity contribution in [1.82, 2.24) is 5.32 Å². The van der Waals surface area contributed by atoms with Crippen LogP contribution in [-0.2, 0) is 4.79 Å². The summed E-state index contributed by atoms with van der Waals surface area (Å²) < 4.78 is 0. The third-order valence-corrected chi connectivity index (χ3v) is 2.32. The maximum atomic E-state index is 11.1. The molecule has 0 unspecified atom stereocenters. The first-order valence-electron chi connectivity index (χ1n) is 5.19. The number of carbonyl (C=O) groups is 2. The molecule has 18 heavy (non-hydrogen) atoms. The molecule has 1 aromatic carbocycles. The third kappa shape index (κ3) is 3.27. The minimum Gasteiger partial charge on any atom is -0.371 e. The number of hydrogen-bond acceptors (Lipinski definition) is 5. The predicted octanol–water partition coefficient (Wildman–Crippen LogP) is 0.955. The lowest BCUT2D eigenvalue weighted by Gasteiger charge is -2.07. The second-order valence-electron chi connectivity index (χ2n) is 3.57. The number of nitrogens with zero attached hydrogens (tertiary/aromatic N) is 1. The van der Waals surface area contributed by atoms with Gasteiger partial charge in [-0.3, -0.25) is 19.7 Å². The second kappa shape index (κ2) is 5.76. The number of carbonyl (C=O) groups excluding carboxylic acids is 2. The van der Waals surface area contributed by atoms with Crippen molar-refractivity contribution < 1.29 is 14.5 Å². The summed E-state index contributed by atoms with van der Waals surface area (Å²) in [6.45, 7) is 1.26. The summed E-state index contributed by atoms with van der Waals surface area (Å²) in [5.74, 6) is -0.545. The molecule has 0 heterocycles. The van der Waals surface area contributed by atoms with Crippen LogP contribution >= 0.6 is 0 Å². The Labute approximate surface area is 103 Å². The smallest absolute Gasteiger partial charge is 0.293 e. The summed E-state index contributed by atoms with van der Waals surface area (Å²) in [4.78, 5) is 32.4. The molecule has 0 spiro atoms. The van der Waals surface area contributed by atoms with E-state index in [-0.39, 0.29) is 35.2 Å². The van der Waals surface area contributed by atoms with Crippen molar-refractivity contribution in [3.63, 3.8) is 0 Å². The molecule has 0 aliphatic heterocycles. The van der Waals surface area contributed by atoms with Crippen LogP contribution in [0.4, 0.5) is 11.4 Å². The molecular weight excluding hydrogens is 238 g/mol. The summed E-state index contributed by atoms with van der Waals surface area (Å²) in [5.41, 5.74) is 0.229. The average Bonchev–Trinajstić information content (AvgIpc) is 2.35. The largest absolute Gasteiger partial charge is 0.371 e. The van der Waals surface area contributed by atoms with E-state index in [0.717, 1.165) is 0 Å². The molecule has 0 aromatic heterocycles. The number of nitro benzene ring substituents is 1. The highest BCUT2D eigenvalue weighted by Gasteiger charge is 2.16. The number of Topliss-reactive ketones (excluding diaryl/α,β-unsaturated/α-hetero) is 1. The van der Waals surface area contributed by atoms with Crippen LogP contribution in [0.3, 0.4) is 0 Å². The number of nitrogens with one attached hydrogen (secondary N) is 2. The van der Waals surface area contributed by atoms with Gasteiger partial charge in [-0.25, -0.2) is 0 Å². The zero-order chi connectivity index (χ0) is 13.7. The van der Waals surface area contributed by atoms with Crippen LogP contribution in [0.5, 0.6) is 0 Å². The number of ketones is 1. The van der Waals surface area contributed by atoms with E-state index in [1.165, 1.54) is 32.2 Å². The van der Waals surface area contributed by atoms with Gasteiger partial charge in [-0.05, 0) is 19.1 Å². The molecule has 0 aliphatic carbocycles. The topological polar surface area (TPSA) is 101 Å². The van der Waals surface area contributed by atoms with Crippen molar-refractivity contribution in [2.45, 2.75) is 6.92 Å². The van der Waals surface area contributed by atoms with Crippen molar-refractivity contribution in [3.8, 4) is 0 Å². The number of hydrogen-bond donors (Lipinski definition) is 2. The van der Waals surface area contributed by atoms with Gasteiger partial charge in [0.1, 0.15) is 5.69 Å². The van der Waals surface area contributed by atoms with Gasteiger partial charge in [0, 0.05) is 18.7 Å². The lowest BCUT2D eigenvalue weighted by atomic mass is 10.1. The Morgan fingerprint density at radius 3 is 2.56 bits per heavy atom. The van der Waals surface area contributed by atoms with Gasteiger partial charge in [-0.15, -0.1) is 0 Å². The minimum absolute atomic E-state index is 0.0727. The maximum Gasteiger partial charge on any atom is 0.293 e. The van der Waals surface area contributed by atoms with Gasteiger partial charge in [-0.1, -0.05) is 0 Å². The second-order valence-corrected chi connectivity index (χ2v) is 3.57. The fourth-order valence-electron chi connectivity index (χ4n) is 1.32. The number of rotatable bonds is 5. The van der Waals surface area contributed by atoms with E-state index >= 15 is 0 Å². The van der Waals surface area contributed by atoms with Crippen LogP contribution in [-0.4, -0.2) is 30.2 Å². The monoisotopic (exact) mass is 251 g/mol. The third-order valence-electron chi connectivity index (χ3n) is 2.32. The molecule has 0 saturated heterocycles. The zero-order valence-corrected chi connectivity index (χ0v) is 10.0. The highest BCUT2D eigenvalue weighted by Crippen LogP contribution is 2.25. The first-order chi connectivity index (χ1) is 8.45. The summed E-state index contributed by atoms with van der Waals surface area (Å²) in [7, 11) is 1.47. The summed E-state index contributed by atoms with van der Waals surface area (Å²) in [6, 6.07) is 4.08. The maximum absolute atomic E-state index is 11.1. The fourth-order valence-corrected chi connectivity index (χ4v) is 1.32. The highest BCUT2D eigenvalue weighted by molar-refractivity contribution is 5.95. The lowest BCUT2D eigenvalue weighted by Crippen LogP contribution is -2.26. The van der Waals surface area contributed by atoms with Gasteiger partial charge in [0.15, 0.2) is 5.78 Å². The molecule has 96 valence electrons. The summed E-state index contributed by atoms with van der Waals surface area (Å²) >= 11 is 0. The van der Waals surface area contributed by atoms with E-state index in [1.54, 1.807) is 0 Å². The van der Waals surface area contributed by atoms with Crippen LogP contribution in [0.1, 0.15) is 17.3 Å². The average molecular weight is 251 g/mol. The molecule has 0 atom stereocenters. The Bertz CT molecular complexity index is 499. The number of benzene rings is 1. The van der Waals surface area contributed by atoms with Crippen LogP contribution in [0.25, 0.3) is 0 Å². The molecular formula is C11H13N3O4. The van der Waals surface area contributed by atoms with Crippen molar-refractivity contribution >= 4 is 23.1 Å². The van der Waals surface area contributed by atoms with E-state index in [9.17, 15) is 19.7 Å². The Kier molecular flexibility index (Phi) is 4.36. The van der Waals surface area contributed by atoms with E-state index in [0.29, 0.717) is 0 Å². The lowest BCUT2D eigenvalue weighted by molar-refractivity contribution is -0.384. The van der Waals surface area contributed by atoms with Crippen LogP contribution in [0.2, 0.25) is 0 Å². The number of amides is 1. The normalized spacial score (nSPS) is 9.67. The Hall–Kier alpha value is -2.44. The highest BCUT2D eigenvalue weighted by atomic mass is 16.6. The van der Waals surface area contributed by atoms with Gasteiger partial charge in [0.25, 0.3) is 5.69 Å². The van der Waals surface area contributed by atoms with Gasteiger partial charge < -0.3 is 10.6 Å². The van der Waals surface area contributed by atoms with Gasteiger partial charge >= 0.3 is 0 Å². The van der Waals surface area contributed by atoms with E-state index in [2.05, 4.69) is 10.6 Å². The molecule has 0 saturated carbocycles. The molecule has 7 nitrogen and oxygen atoms in total. The molecule has 0 fully saturated rings. The van der Waals surface area contributed by atoms with Crippen molar-refractivity contribution in [1.29, 1.82) is 0 Å². The first-order valence-corrected chi connectivity index (χ1v) is 5.19. The van der Waals surface area contributed by atoms with Crippen LogP contribution < -0.4 is 10.6 Å². The summed E-state index contributed by atoms with van der Waals surface area (Å²) in [6.07, 6.45) is 0. The van der Waals surface area contributed by atoms with Crippen molar-refractivity contribution in [2.75, 3.05) is 18.9 Å². The first kappa shape index (κ1) is 13.6. The van der Waals surface area contributed by atoms with E-state index in [1.807, 2.05) is 0 Å². The Balaban J connectivity index is 3.00. The Morgan fingerprint density at radius 2 is 2.06 bits per heavy atom. The SMILES string of the molecule is CNC(=O)CNc1ccc(C(C)=O)cc1[N+](=O)[O-]. The van der Waals surface area contributed by atoms with Gasteiger partial charge in [-0.2, -0.15) is 0 Å². The molecule has 7 heteroatoms. The summed E-state index contributed by atoms with van der Waals surface area (Å²) in [5, 5.41) is 15.9. The van der Waals surface area contributed by atoms with Gasteiger partial charge in [0.2, 0.25) is 5.91 Å². The molecule has 2 N–H and O–H groups in total.